The molecule has 0 aromatic heterocycles. The molecule has 0 spiro atoms. The summed E-state index contributed by atoms with van der Waals surface area (Å²) in [5.74, 6) is 0. The van der Waals surface area contributed by atoms with Crippen LogP contribution in [0.15, 0.2) is 0 Å². The van der Waals surface area contributed by atoms with Crippen LogP contribution in [0.25, 0.3) is 0 Å². The van der Waals surface area contributed by atoms with Crippen molar-refractivity contribution in [1.29, 1.82) is 0 Å². The topological polar surface area (TPSA) is 68.8 Å². The van der Waals surface area contributed by atoms with Gasteiger partial charge in [-0.3, -0.25) is 0 Å². The molecule has 136 valence electrons. The van der Waals surface area contributed by atoms with Crippen LogP contribution in [-0.2, 0) is 14.2 Å². The maximum absolute atomic E-state index is 11.8. The molecule has 0 radical (unpaired) electrons. The molecule has 1 rings (SSSR count). The summed E-state index contributed by atoms with van der Waals surface area (Å²) < 4.78 is 16.4. The molecule has 6 heteroatoms. The molecule has 2 N–H and O–H groups in total. The normalized spacial score (nSPS) is 22.2. The Balaban J connectivity index is 2.23. The first kappa shape index (κ1) is 20.2. The standard InChI is InChI=1S/C17H34N2O4/c1-6-21-15(22-7-2)12-18-13-8-10-14(11-9-13)19-16(20)23-17(3,4)5/h13-15,18H,6-12H2,1-5H3,(H,19,20). The number of carbonyl (C=O) groups excluding carboxylic acids is 1. The van der Waals surface area contributed by atoms with Crippen molar-refractivity contribution >= 4 is 6.09 Å². The Kier molecular flexibility index (Phi) is 8.87. The Morgan fingerprint density at radius 3 is 2.04 bits per heavy atom. The minimum atomic E-state index is -0.448. The predicted molar refractivity (Wildman–Crippen MR) is 90.5 cm³/mol. The summed E-state index contributed by atoms with van der Waals surface area (Å²) in [7, 11) is 0. The van der Waals surface area contributed by atoms with E-state index < -0.39 is 5.60 Å². The molecule has 0 saturated heterocycles. The van der Waals surface area contributed by atoms with Gasteiger partial charge in [0.25, 0.3) is 0 Å². The third-order valence-electron chi connectivity index (χ3n) is 3.73. The summed E-state index contributed by atoms with van der Waals surface area (Å²) in [6.07, 6.45) is 3.50. The molecular weight excluding hydrogens is 296 g/mol. The highest BCUT2D eigenvalue weighted by Gasteiger charge is 2.25. The molecule has 1 fully saturated rings. The van der Waals surface area contributed by atoms with Gasteiger partial charge < -0.3 is 24.8 Å². The summed E-state index contributed by atoms with van der Waals surface area (Å²) in [5, 5.41) is 6.47. The van der Waals surface area contributed by atoms with Gasteiger partial charge in [-0.05, 0) is 60.3 Å². The Labute approximate surface area is 140 Å². The van der Waals surface area contributed by atoms with Crippen molar-refractivity contribution < 1.29 is 19.0 Å². The van der Waals surface area contributed by atoms with Crippen molar-refractivity contribution in [2.24, 2.45) is 0 Å². The molecule has 1 aliphatic carbocycles. The molecular formula is C17H34N2O4. The largest absolute Gasteiger partial charge is 0.444 e. The number of alkyl carbamates (subject to hydrolysis) is 1. The van der Waals surface area contributed by atoms with Gasteiger partial charge in [-0.1, -0.05) is 0 Å². The summed E-state index contributed by atoms with van der Waals surface area (Å²) in [6, 6.07) is 0.660. The van der Waals surface area contributed by atoms with Crippen molar-refractivity contribution in [3.8, 4) is 0 Å². The second-order valence-corrected chi connectivity index (χ2v) is 6.94. The molecule has 0 unspecified atom stereocenters. The van der Waals surface area contributed by atoms with Crippen LogP contribution in [0.1, 0.15) is 60.3 Å². The van der Waals surface area contributed by atoms with Crippen LogP contribution in [0.3, 0.4) is 0 Å². The second kappa shape index (κ2) is 10.1. The summed E-state index contributed by atoms with van der Waals surface area (Å²) in [5.41, 5.74) is -0.448. The fourth-order valence-electron chi connectivity index (χ4n) is 2.72. The third-order valence-corrected chi connectivity index (χ3v) is 3.73. The Morgan fingerprint density at radius 2 is 1.57 bits per heavy atom. The molecule has 1 aliphatic rings. The van der Waals surface area contributed by atoms with Gasteiger partial charge in [0.05, 0.1) is 0 Å². The quantitative estimate of drug-likeness (QED) is 0.670. The van der Waals surface area contributed by atoms with Gasteiger partial charge in [-0.15, -0.1) is 0 Å². The van der Waals surface area contributed by atoms with Gasteiger partial charge in [-0.25, -0.2) is 4.79 Å². The van der Waals surface area contributed by atoms with Gasteiger partial charge in [-0.2, -0.15) is 0 Å². The number of ether oxygens (including phenoxy) is 3. The third kappa shape index (κ3) is 9.13. The van der Waals surface area contributed by atoms with Crippen LogP contribution in [0.5, 0.6) is 0 Å². The lowest BCUT2D eigenvalue weighted by atomic mass is 9.91. The fraction of sp³-hybridized carbons (Fsp3) is 0.941. The maximum atomic E-state index is 11.8. The average Bonchev–Trinajstić information content (AvgIpc) is 2.44. The van der Waals surface area contributed by atoms with Gasteiger partial charge in [0, 0.05) is 31.8 Å². The molecule has 0 aromatic rings. The van der Waals surface area contributed by atoms with E-state index in [-0.39, 0.29) is 18.4 Å². The van der Waals surface area contributed by atoms with E-state index in [0.717, 1.165) is 25.7 Å². The molecule has 1 saturated carbocycles. The molecule has 0 atom stereocenters. The van der Waals surface area contributed by atoms with Crippen molar-refractivity contribution in [3.05, 3.63) is 0 Å². The Hall–Kier alpha value is -0.850. The van der Waals surface area contributed by atoms with E-state index in [1.54, 1.807) is 0 Å². The minimum Gasteiger partial charge on any atom is -0.444 e. The first-order chi connectivity index (χ1) is 10.8. The molecule has 23 heavy (non-hydrogen) atoms. The highest BCUT2D eigenvalue weighted by Crippen LogP contribution is 2.19. The van der Waals surface area contributed by atoms with Crippen molar-refractivity contribution in [2.45, 2.75) is 84.3 Å². The number of carbonyl (C=O) groups is 1. The molecule has 1 amide bonds. The second-order valence-electron chi connectivity index (χ2n) is 6.94. The van der Waals surface area contributed by atoms with Crippen molar-refractivity contribution in [3.63, 3.8) is 0 Å². The van der Waals surface area contributed by atoms with Crippen LogP contribution in [0.2, 0.25) is 0 Å². The molecule has 0 bridgehead atoms. The average molecular weight is 330 g/mol. The van der Waals surface area contributed by atoms with Gasteiger partial charge in [0.1, 0.15) is 5.60 Å². The Morgan fingerprint density at radius 1 is 1.04 bits per heavy atom. The Bertz CT molecular complexity index is 330. The summed E-state index contributed by atoms with van der Waals surface area (Å²) >= 11 is 0. The predicted octanol–water partition coefficient (Wildman–Crippen LogP) is 2.81. The van der Waals surface area contributed by atoms with Crippen molar-refractivity contribution in [1.82, 2.24) is 10.6 Å². The lowest BCUT2D eigenvalue weighted by Gasteiger charge is -2.31. The highest BCUT2D eigenvalue weighted by molar-refractivity contribution is 5.68. The van der Waals surface area contributed by atoms with E-state index in [2.05, 4.69) is 10.6 Å². The lowest BCUT2D eigenvalue weighted by molar-refractivity contribution is -0.134. The zero-order chi connectivity index (χ0) is 17.3. The number of hydrogen-bond donors (Lipinski definition) is 2. The summed E-state index contributed by atoms with van der Waals surface area (Å²) in [6.45, 7) is 11.6. The van der Waals surface area contributed by atoms with E-state index in [9.17, 15) is 4.79 Å². The smallest absolute Gasteiger partial charge is 0.407 e. The number of nitrogens with one attached hydrogen (secondary N) is 2. The monoisotopic (exact) mass is 330 g/mol. The van der Waals surface area contributed by atoms with Crippen LogP contribution in [-0.4, -0.2) is 49.8 Å². The first-order valence-electron chi connectivity index (χ1n) is 8.80. The molecule has 0 aliphatic heterocycles. The van der Waals surface area contributed by atoms with Crippen LogP contribution >= 0.6 is 0 Å². The van der Waals surface area contributed by atoms with Crippen LogP contribution in [0.4, 0.5) is 4.79 Å². The first-order valence-corrected chi connectivity index (χ1v) is 8.80. The fourth-order valence-corrected chi connectivity index (χ4v) is 2.72. The maximum Gasteiger partial charge on any atom is 0.407 e. The number of amides is 1. The van der Waals surface area contributed by atoms with E-state index in [1.165, 1.54) is 0 Å². The highest BCUT2D eigenvalue weighted by atomic mass is 16.7. The van der Waals surface area contributed by atoms with Gasteiger partial charge in [0.2, 0.25) is 0 Å². The number of hydrogen-bond acceptors (Lipinski definition) is 5. The number of rotatable bonds is 8. The lowest BCUT2D eigenvalue weighted by Crippen LogP contribution is -2.45. The summed E-state index contributed by atoms with van der Waals surface area (Å²) in [4.78, 5) is 11.8. The van der Waals surface area contributed by atoms with Gasteiger partial charge >= 0.3 is 6.09 Å². The zero-order valence-electron chi connectivity index (χ0n) is 15.3. The van der Waals surface area contributed by atoms with Crippen LogP contribution in [0, 0.1) is 0 Å². The van der Waals surface area contributed by atoms with E-state index >= 15 is 0 Å². The van der Waals surface area contributed by atoms with Gasteiger partial charge in [0.15, 0.2) is 6.29 Å². The molecule has 0 aromatic carbocycles. The van der Waals surface area contributed by atoms with E-state index in [1.807, 2.05) is 34.6 Å². The zero-order valence-corrected chi connectivity index (χ0v) is 15.3. The minimum absolute atomic E-state index is 0.178. The SMILES string of the molecule is CCOC(CNC1CCC(NC(=O)OC(C)(C)C)CC1)OCC. The van der Waals surface area contributed by atoms with Crippen molar-refractivity contribution in [2.75, 3.05) is 19.8 Å². The van der Waals surface area contributed by atoms with Crippen LogP contribution < -0.4 is 10.6 Å². The molecule has 0 heterocycles. The van der Waals surface area contributed by atoms with E-state index in [0.29, 0.717) is 25.8 Å². The van der Waals surface area contributed by atoms with E-state index in [4.69, 9.17) is 14.2 Å². The molecule has 6 nitrogen and oxygen atoms in total.